The summed E-state index contributed by atoms with van der Waals surface area (Å²) in [6, 6.07) is 11.5. The minimum Gasteiger partial charge on any atom is -0.496 e. The average Bonchev–Trinajstić information content (AvgIpc) is 2.61. The molecule has 6 heteroatoms. The fourth-order valence-corrected chi connectivity index (χ4v) is 2.25. The number of nitro groups is 1. The second-order valence-corrected chi connectivity index (χ2v) is 5.27. The number of Topliss-reactive ketones (excluding diaryl/α,β-unsaturated/α-hetero) is 1. The topological polar surface area (TPSA) is 78.7 Å². The van der Waals surface area contributed by atoms with Crippen LogP contribution in [0.15, 0.2) is 42.5 Å². The van der Waals surface area contributed by atoms with Crippen molar-refractivity contribution in [1.29, 1.82) is 0 Å². The smallest absolute Gasteiger partial charge is 0.314 e. The van der Waals surface area contributed by atoms with E-state index in [4.69, 9.17) is 9.47 Å². The molecule has 0 fully saturated rings. The number of hydrogen-bond acceptors (Lipinski definition) is 5. The molecule has 0 spiro atoms. The molecule has 2 aromatic rings. The lowest BCUT2D eigenvalue weighted by molar-refractivity contribution is -0.386. The van der Waals surface area contributed by atoms with Crippen molar-refractivity contribution in [1.82, 2.24) is 0 Å². The van der Waals surface area contributed by atoms with Crippen molar-refractivity contribution in [2.24, 2.45) is 0 Å². The van der Waals surface area contributed by atoms with Crippen LogP contribution >= 0.6 is 0 Å². The third kappa shape index (κ3) is 3.90. The molecular formula is C18H19NO5. The monoisotopic (exact) mass is 329 g/mol. The summed E-state index contributed by atoms with van der Waals surface area (Å²) in [5, 5.41) is 11.2. The van der Waals surface area contributed by atoms with Gasteiger partial charge in [-0.05, 0) is 31.0 Å². The first-order chi connectivity index (χ1) is 11.5. The zero-order valence-electron chi connectivity index (χ0n) is 13.8. The summed E-state index contributed by atoms with van der Waals surface area (Å²) < 4.78 is 10.5. The molecule has 0 aliphatic heterocycles. The van der Waals surface area contributed by atoms with Crippen molar-refractivity contribution in [2.75, 3.05) is 7.11 Å². The molecule has 24 heavy (non-hydrogen) atoms. The highest BCUT2D eigenvalue weighted by molar-refractivity contribution is 5.99. The van der Waals surface area contributed by atoms with Crippen LogP contribution in [0, 0.1) is 10.1 Å². The highest BCUT2D eigenvalue weighted by Crippen LogP contribution is 2.32. The molecule has 2 aromatic carbocycles. The number of ether oxygens (including phenoxy) is 2. The second-order valence-electron chi connectivity index (χ2n) is 5.27. The number of aryl methyl sites for hydroxylation is 1. The molecular weight excluding hydrogens is 310 g/mol. The molecule has 0 aromatic heterocycles. The van der Waals surface area contributed by atoms with E-state index < -0.39 is 11.0 Å². The third-order valence-electron chi connectivity index (χ3n) is 3.68. The quantitative estimate of drug-likeness (QED) is 0.438. The van der Waals surface area contributed by atoms with E-state index in [9.17, 15) is 14.9 Å². The van der Waals surface area contributed by atoms with Crippen molar-refractivity contribution >= 4 is 11.5 Å². The molecule has 0 N–H and O–H groups in total. The van der Waals surface area contributed by atoms with Crippen LogP contribution in [0.4, 0.5) is 5.69 Å². The Kier molecular flexibility index (Phi) is 5.52. The number of benzene rings is 2. The fraction of sp³-hybridized carbons (Fsp3) is 0.278. The van der Waals surface area contributed by atoms with E-state index in [0.717, 1.165) is 12.0 Å². The van der Waals surface area contributed by atoms with Crippen LogP contribution in [0.25, 0.3) is 0 Å². The van der Waals surface area contributed by atoms with Gasteiger partial charge in [-0.25, -0.2) is 0 Å². The molecule has 126 valence electrons. The van der Waals surface area contributed by atoms with E-state index in [1.165, 1.54) is 19.2 Å². The normalized spacial score (nSPS) is 11.6. The number of rotatable bonds is 7. The van der Waals surface area contributed by atoms with E-state index in [2.05, 4.69) is 0 Å². The standard InChI is InChI=1S/C18H19NO5/c1-4-13-5-7-14(8-6-13)18(20)12(2)24-17-10-9-15(23-3)11-16(17)19(21)22/h5-12H,4H2,1-3H3. The summed E-state index contributed by atoms with van der Waals surface area (Å²) in [6.07, 6.45) is 0.0445. The van der Waals surface area contributed by atoms with Crippen molar-refractivity contribution in [2.45, 2.75) is 26.4 Å². The molecule has 0 saturated carbocycles. The predicted octanol–water partition coefficient (Wildman–Crippen LogP) is 3.82. The molecule has 0 heterocycles. The Morgan fingerprint density at radius 1 is 1.21 bits per heavy atom. The van der Waals surface area contributed by atoms with Crippen molar-refractivity contribution < 1.29 is 19.2 Å². The maximum absolute atomic E-state index is 12.4. The van der Waals surface area contributed by atoms with E-state index in [-0.39, 0.29) is 17.2 Å². The number of carbonyl (C=O) groups is 1. The molecule has 0 radical (unpaired) electrons. The Morgan fingerprint density at radius 3 is 2.42 bits per heavy atom. The minimum atomic E-state index is -0.843. The minimum absolute atomic E-state index is 0.0341. The molecule has 0 bridgehead atoms. The Balaban J connectivity index is 2.20. The van der Waals surface area contributed by atoms with Gasteiger partial charge in [0.25, 0.3) is 0 Å². The number of methoxy groups -OCH3 is 1. The van der Waals surface area contributed by atoms with Crippen molar-refractivity contribution in [3.05, 3.63) is 63.7 Å². The SMILES string of the molecule is CCc1ccc(C(=O)C(C)Oc2ccc(OC)cc2[N+](=O)[O-])cc1. The van der Waals surface area contributed by atoms with Gasteiger partial charge in [0.05, 0.1) is 18.1 Å². The van der Waals surface area contributed by atoms with E-state index >= 15 is 0 Å². The molecule has 0 aliphatic carbocycles. The third-order valence-corrected chi connectivity index (χ3v) is 3.68. The van der Waals surface area contributed by atoms with Gasteiger partial charge in [0, 0.05) is 5.56 Å². The highest BCUT2D eigenvalue weighted by Gasteiger charge is 2.22. The van der Waals surface area contributed by atoms with Gasteiger partial charge in [0.2, 0.25) is 5.78 Å². The Hall–Kier alpha value is -2.89. The predicted molar refractivity (Wildman–Crippen MR) is 89.9 cm³/mol. The number of ketones is 1. The number of hydrogen-bond donors (Lipinski definition) is 0. The molecule has 0 aliphatic rings. The summed E-state index contributed by atoms with van der Waals surface area (Å²) in [5.41, 5.74) is 1.40. The summed E-state index contributed by atoms with van der Waals surface area (Å²) >= 11 is 0. The number of carbonyl (C=O) groups excluding carboxylic acids is 1. The van der Waals surface area contributed by atoms with Crippen molar-refractivity contribution in [3.8, 4) is 11.5 Å². The Bertz CT molecular complexity index is 740. The summed E-state index contributed by atoms with van der Waals surface area (Å²) in [6.45, 7) is 3.61. The largest absolute Gasteiger partial charge is 0.496 e. The van der Waals surface area contributed by atoms with Gasteiger partial charge >= 0.3 is 5.69 Å². The van der Waals surface area contributed by atoms with Crippen LogP contribution in [-0.2, 0) is 6.42 Å². The van der Waals surface area contributed by atoms with Gasteiger partial charge in [-0.2, -0.15) is 0 Å². The van der Waals surface area contributed by atoms with E-state index in [1.54, 1.807) is 25.1 Å². The lowest BCUT2D eigenvalue weighted by Crippen LogP contribution is -2.24. The number of nitro benzene ring substituents is 1. The van der Waals surface area contributed by atoms with Gasteiger partial charge in [-0.15, -0.1) is 0 Å². The van der Waals surface area contributed by atoms with Gasteiger partial charge in [-0.3, -0.25) is 14.9 Å². The zero-order chi connectivity index (χ0) is 17.7. The first-order valence-electron chi connectivity index (χ1n) is 7.58. The number of nitrogens with zero attached hydrogens (tertiary/aromatic N) is 1. The van der Waals surface area contributed by atoms with Gasteiger partial charge < -0.3 is 9.47 Å². The second kappa shape index (κ2) is 7.59. The van der Waals surface area contributed by atoms with Crippen LogP contribution in [0.1, 0.15) is 29.8 Å². The molecule has 0 saturated heterocycles. The van der Waals surface area contributed by atoms with Crippen LogP contribution in [0.5, 0.6) is 11.5 Å². The van der Waals surface area contributed by atoms with E-state index in [1.807, 2.05) is 19.1 Å². The molecule has 2 rings (SSSR count). The first-order valence-corrected chi connectivity index (χ1v) is 7.58. The lowest BCUT2D eigenvalue weighted by Gasteiger charge is -2.14. The fourth-order valence-electron chi connectivity index (χ4n) is 2.25. The molecule has 6 nitrogen and oxygen atoms in total. The Morgan fingerprint density at radius 2 is 1.88 bits per heavy atom. The maximum Gasteiger partial charge on any atom is 0.314 e. The summed E-state index contributed by atoms with van der Waals surface area (Å²) in [4.78, 5) is 23.0. The van der Waals surface area contributed by atoms with E-state index in [0.29, 0.717) is 11.3 Å². The summed E-state index contributed by atoms with van der Waals surface area (Å²) in [7, 11) is 1.42. The van der Waals surface area contributed by atoms with Crippen LogP contribution in [0.2, 0.25) is 0 Å². The average molecular weight is 329 g/mol. The van der Waals surface area contributed by atoms with Gasteiger partial charge in [0.1, 0.15) is 5.75 Å². The van der Waals surface area contributed by atoms with Crippen LogP contribution < -0.4 is 9.47 Å². The highest BCUT2D eigenvalue weighted by atomic mass is 16.6. The van der Waals surface area contributed by atoms with Crippen LogP contribution in [-0.4, -0.2) is 23.9 Å². The Labute approximate surface area is 140 Å². The lowest BCUT2D eigenvalue weighted by atomic mass is 10.0. The summed E-state index contributed by atoms with van der Waals surface area (Å²) in [5.74, 6) is 0.151. The molecule has 0 amide bonds. The van der Waals surface area contributed by atoms with Crippen LogP contribution in [0.3, 0.4) is 0 Å². The molecule has 1 atom stereocenters. The van der Waals surface area contributed by atoms with Crippen molar-refractivity contribution in [3.63, 3.8) is 0 Å². The van der Waals surface area contributed by atoms with Gasteiger partial charge in [0.15, 0.2) is 11.9 Å². The van der Waals surface area contributed by atoms with Gasteiger partial charge in [-0.1, -0.05) is 31.2 Å². The first kappa shape index (κ1) is 17.5. The zero-order valence-corrected chi connectivity index (χ0v) is 13.8. The molecule has 1 unspecified atom stereocenters. The maximum atomic E-state index is 12.4.